The number of hydrogen-bond donors (Lipinski definition) is 1. The molecule has 2 aromatic carbocycles. The third kappa shape index (κ3) is 2.83. The van der Waals surface area contributed by atoms with Crippen molar-refractivity contribution in [2.24, 2.45) is 0 Å². The molecule has 22 heavy (non-hydrogen) atoms. The Morgan fingerprint density at radius 3 is 2.86 bits per heavy atom. The molecular weight excluding hydrogens is 305 g/mol. The lowest BCUT2D eigenvalue weighted by Crippen LogP contribution is -2.14. The van der Waals surface area contributed by atoms with Gasteiger partial charge in [-0.05, 0) is 43.3 Å². The van der Waals surface area contributed by atoms with Crippen molar-refractivity contribution >= 4 is 34.0 Å². The summed E-state index contributed by atoms with van der Waals surface area (Å²) in [6.45, 7) is 1.82. The normalized spacial score (nSPS) is 10.9. The summed E-state index contributed by atoms with van der Waals surface area (Å²) in [5.74, 6) is -0.309. The highest BCUT2D eigenvalue weighted by Crippen LogP contribution is 2.26. The van der Waals surface area contributed by atoms with Gasteiger partial charge in [0, 0.05) is 21.7 Å². The van der Waals surface area contributed by atoms with Gasteiger partial charge in [0.1, 0.15) is 11.4 Å². The van der Waals surface area contributed by atoms with Crippen LogP contribution in [0.25, 0.3) is 11.0 Å². The largest absolute Gasteiger partial charge is 0.453 e. The van der Waals surface area contributed by atoms with E-state index >= 15 is 0 Å². The number of anilines is 1. The van der Waals surface area contributed by atoms with Crippen LogP contribution in [0.15, 0.2) is 46.9 Å². The second-order valence-electron chi connectivity index (χ2n) is 4.98. The number of fused-ring (bicyclic) bond motifs is 1. The standard InChI is InChI=1S/C17H13ClFNO2/c1-10-14-8-12(19)5-6-16(14)22-17(10)15(21)9-20-13-4-2-3-11(18)7-13/h2-8,20H,9H2,1H3. The van der Waals surface area contributed by atoms with Gasteiger partial charge in [-0.3, -0.25) is 4.79 Å². The van der Waals surface area contributed by atoms with E-state index in [4.69, 9.17) is 16.0 Å². The fourth-order valence-corrected chi connectivity index (χ4v) is 2.51. The number of rotatable bonds is 4. The lowest BCUT2D eigenvalue weighted by molar-refractivity contribution is 0.0981. The first kappa shape index (κ1) is 14.6. The molecule has 0 fully saturated rings. The van der Waals surface area contributed by atoms with Gasteiger partial charge in [0.2, 0.25) is 5.78 Å². The summed E-state index contributed by atoms with van der Waals surface area (Å²) in [6.07, 6.45) is 0. The van der Waals surface area contributed by atoms with Crippen molar-refractivity contribution in [2.75, 3.05) is 11.9 Å². The predicted octanol–water partition coefficient (Wildman–Crippen LogP) is 4.83. The maximum Gasteiger partial charge on any atom is 0.217 e. The molecule has 0 saturated heterocycles. The molecule has 5 heteroatoms. The van der Waals surface area contributed by atoms with Crippen LogP contribution in [-0.2, 0) is 0 Å². The van der Waals surface area contributed by atoms with Crippen molar-refractivity contribution in [2.45, 2.75) is 6.92 Å². The van der Waals surface area contributed by atoms with Crippen LogP contribution in [-0.4, -0.2) is 12.3 Å². The summed E-state index contributed by atoms with van der Waals surface area (Å²) in [5, 5.41) is 4.21. The van der Waals surface area contributed by atoms with Gasteiger partial charge in [-0.2, -0.15) is 0 Å². The summed E-state index contributed by atoms with van der Waals surface area (Å²) < 4.78 is 18.8. The van der Waals surface area contributed by atoms with Crippen LogP contribution in [0, 0.1) is 12.7 Å². The molecule has 0 aliphatic heterocycles. The van der Waals surface area contributed by atoms with E-state index in [1.54, 1.807) is 25.1 Å². The fourth-order valence-electron chi connectivity index (χ4n) is 2.32. The Kier molecular flexibility index (Phi) is 3.86. The number of carbonyl (C=O) groups is 1. The van der Waals surface area contributed by atoms with Gasteiger partial charge >= 0.3 is 0 Å². The van der Waals surface area contributed by atoms with E-state index in [-0.39, 0.29) is 23.9 Å². The van der Waals surface area contributed by atoms with Crippen LogP contribution in [0.1, 0.15) is 16.1 Å². The summed E-state index contributed by atoms with van der Waals surface area (Å²) in [6, 6.07) is 11.3. The summed E-state index contributed by atoms with van der Waals surface area (Å²) >= 11 is 5.89. The zero-order valence-electron chi connectivity index (χ0n) is 11.8. The van der Waals surface area contributed by atoms with Crippen LogP contribution >= 0.6 is 11.6 Å². The highest BCUT2D eigenvalue weighted by atomic mass is 35.5. The molecule has 0 radical (unpaired) electrons. The molecule has 3 aromatic rings. The summed E-state index contributed by atoms with van der Waals surface area (Å²) in [5.41, 5.74) is 1.90. The minimum absolute atomic E-state index is 0.0729. The monoisotopic (exact) mass is 317 g/mol. The first-order valence-electron chi connectivity index (χ1n) is 6.76. The molecular formula is C17H13ClFNO2. The molecule has 0 unspecified atom stereocenters. The molecule has 0 amide bonds. The Hall–Kier alpha value is -2.33. The average Bonchev–Trinajstić information content (AvgIpc) is 2.82. The number of halogens is 2. The topological polar surface area (TPSA) is 42.2 Å². The minimum Gasteiger partial charge on any atom is -0.453 e. The number of carbonyl (C=O) groups excluding carboxylic acids is 1. The van der Waals surface area contributed by atoms with Crippen molar-refractivity contribution in [1.82, 2.24) is 0 Å². The van der Waals surface area contributed by atoms with Crippen molar-refractivity contribution < 1.29 is 13.6 Å². The van der Waals surface area contributed by atoms with E-state index in [9.17, 15) is 9.18 Å². The number of benzene rings is 2. The van der Waals surface area contributed by atoms with Crippen LogP contribution in [0.5, 0.6) is 0 Å². The molecule has 0 aliphatic carbocycles. The van der Waals surface area contributed by atoms with Crippen LogP contribution in [0.4, 0.5) is 10.1 Å². The van der Waals surface area contributed by atoms with E-state index in [0.717, 1.165) is 5.69 Å². The second-order valence-corrected chi connectivity index (χ2v) is 5.42. The first-order valence-corrected chi connectivity index (χ1v) is 7.13. The lowest BCUT2D eigenvalue weighted by atomic mass is 10.1. The zero-order valence-corrected chi connectivity index (χ0v) is 12.6. The van der Waals surface area contributed by atoms with Gasteiger partial charge in [0.25, 0.3) is 0 Å². The number of furan rings is 1. The van der Waals surface area contributed by atoms with Crippen LogP contribution in [0.2, 0.25) is 5.02 Å². The predicted molar refractivity (Wildman–Crippen MR) is 85.2 cm³/mol. The molecule has 0 atom stereocenters. The number of Topliss-reactive ketones (excluding diaryl/α,β-unsaturated/α-hetero) is 1. The maximum atomic E-state index is 13.3. The Morgan fingerprint density at radius 2 is 2.09 bits per heavy atom. The zero-order chi connectivity index (χ0) is 15.7. The van der Waals surface area contributed by atoms with E-state index in [0.29, 0.717) is 21.6 Å². The van der Waals surface area contributed by atoms with Crippen molar-refractivity contribution in [3.63, 3.8) is 0 Å². The van der Waals surface area contributed by atoms with Crippen molar-refractivity contribution in [3.05, 3.63) is 64.6 Å². The van der Waals surface area contributed by atoms with Gasteiger partial charge in [-0.1, -0.05) is 17.7 Å². The molecule has 1 heterocycles. The van der Waals surface area contributed by atoms with Gasteiger partial charge in [0.15, 0.2) is 5.76 Å². The molecule has 3 rings (SSSR count). The molecule has 3 nitrogen and oxygen atoms in total. The second kappa shape index (κ2) is 5.81. The Bertz CT molecular complexity index is 857. The van der Waals surface area contributed by atoms with Crippen molar-refractivity contribution in [1.29, 1.82) is 0 Å². The van der Waals surface area contributed by atoms with Crippen LogP contribution in [0.3, 0.4) is 0 Å². The molecule has 0 spiro atoms. The minimum atomic E-state index is -0.354. The number of aryl methyl sites for hydroxylation is 1. The molecule has 1 aromatic heterocycles. The van der Waals surface area contributed by atoms with Gasteiger partial charge < -0.3 is 9.73 Å². The number of hydrogen-bond acceptors (Lipinski definition) is 3. The lowest BCUT2D eigenvalue weighted by Gasteiger charge is -2.05. The average molecular weight is 318 g/mol. The summed E-state index contributed by atoms with van der Waals surface area (Å²) in [7, 11) is 0. The Labute approximate surface area is 131 Å². The maximum absolute atomic E-state index is 13.3. The van der Waals surface area contributed by atoms with E-state index in [2.05, 4.69) is 5.32 Å². The van der Waals surface area contributed by atoms with Gasteiger partial charge in [0.05, 0.1) is 6.54 Å². The molecule has 0 bridgehead atoms. The molecule has 1 N–H and O–H groups in total. The first-order chi connectivity index (χ1) is 10.5. The quantitative estimate of drug-likeness (QED) is 0.701. The molecule has 112 valence electrons. The third-order valence-corrected chi connectivity index (χ3v) is 3.66. The Balaban J connectivity index is 1.82. The smallest absolute Gasteiger partial charge is 0.217 e. The fraction of sp³-hybridized carbons (Fsp3) is 0.118. The van der Waals surface area contributed by atoms with E-state index in [1.165, 1.54) is 18.2 Å². The van der Waals surface area contributed by atoms with E-state index in [1.807, 2.05) is 6.07 Å². The summed E-state index contributed by atoms with van der Waals surface area (Å²) in [4.78, 5) is 12.3. The highest BCUT2D eigenvalue weighted by molar-refractivity contribution is 6.30. The SMILES string of the molecule is Cc1c(C(=O)CNc2cccc(Cl)c2)oc2ccc(F)cc12. The van der Waals surface area contributed by atoms with Crippen LogP contribution < -0.4 is 5.32 Å². The number of nitrogens with one attached hydrogen (secondary N) is 1. The highest BCUT2D eigenvalue weighted by Gasteiger charge is 2.17. The van der Waals surface area contributed by atoms with E-state index < -0.39 is 0 Å². The van der Waals surface area contributed by atoms with Gasteiger partial charge in [-0.15, -0.1) is 0 Å². The molecule has 0 saturated carbocycles. The molecule has 0 aliphatic rings. The number of ketones is 1. The van der Waals surface area contributed by atoms with Crippen molar-refractivity contribution in [3.8, 4) is 0 Å². The Morgan fingerprint density at radius 1 is 1.27 bits per heavy atom. The van der Waals surface area contributed by atoms with Gasteiger partial charge in [-0.25, -0.2) is 4.39 Å². The third-order valence-electron chi connectivity index (χ3n) is 3.43.